The van der Waals surface area contributed by atoms with E-state index in [2.05, 4.69) is 36.8 Å². The van der Waals surface area contributed by atoms with Gasteiger partial charge in [0.05, 0.1) is 0 Å². The van der Waals surface area contributed by atoms with E-state index in [9.17, 15) is 0 Å². The molecule has 3 atom stereocenters. The van der Waals surface area contributed by atoms with Gasteiger partial charge in [0.1, 0.15) is 0 Å². The molecule has 0 aliphatic heterocycles. The number of thiophene rings is 1. The molecule has 1 saturated carbocycles. The molecule has 3 unspecified atom stereocenters. The molecule has 1 aromatic heterocycles. The highest BCUT2D eigenvalue weighted by molar-refractivity contribution is 7.10. The SMILES string of the molecule is CNC1CCC(c2cccs2)C1C. The van der Waals surface area contributed by atoms with Gasteiger partial charge >= 0.3 is 0 Å². The molecular weight excluding hydrogens is 178 g/mol. The van der Waals surface area contributed by atoms with Gasteiger partial charge in [-0.3, -0.25) is 0 Å². The normalized spacial score (nSPS) is 33.8. The second kappa shape index (κ2) is 3.81. The van der Waals surface area contributed by atoms with Crippen LogP contribution in [-0.4, -0.2) is 13.1 Å². The highest BCUT2D eigenvalue weighted by Gasteiger charge is 2.32. The van der Waals surface area contributed by atoms with Gasteiger partial charge in [-0.2, -0.15) is 0 Å². The Morgan fingerprint density at radius 3 is 2.85 bits per heavy atom. The molecule has 1 heterocycles. The average Bonchev–Trinajstić information content (AvgIpc) is 2.72. The lowest BCUT2D eigenvalue weighted by molar-refractivity contribution is 0.431. The maximum absolute atomic E-state index is 3.41. The predicted octanol–water partition coefficient (Wildman–Crippen LogP) is 2.85. The largest absolute Gasteiger partial charge is 0.317 e. The number of hydrogen-bond donors (Lipinski definition) is 1. The number of nitrogens with one attached hydrogen (secondary N) is 1. The van der Waals surface area contributed by atoms with E-state index in [4.69, 9.17) is 0 Å². The Bertz CT molecular complexity index is 255. The summed E-state index contributed by atoms with van der Waals surface area (Å²) < 4.78 is 0. The van der Waals surface area contributed by atoms with Crippen molar-refractivity contribution >= 4 is 11.3 Å². The molecule has 0 radical (unpaired) electrons. The third-order valence-corrected chi connectivity index (χ3v) is 4.34. The molecule has 1 nitrogen and oxygen atoms in total. The first-order valence-electron chi connectivity index (χ1n) is 5.03. The summed E-state index contributed by atoms with van der Waals surface area (Å²) in [4.78, 5) is 1.57. The molecule has 0 saturated heterocycles. The van der Waals surface area contributed by atoms with Crippen molar-refractivity contribution < 1.29 is 0 Å². The minimum atomic E-state index is 0.729. The van der Waals surface area contributed by atoms with E-state index in [1.165, 1.54) is 12.8 Å². The quantitative estimate of drug-likeness (QED) is 0.765. The Kier molecular flexibility index (Phi) is 2.70. The highest BCUT2D eigenvalue weighted by Crippen LogP contribution is 2.40. The van der Waals surface area contributed by atoms with Gasteiger partial charge in [-0.15, -0.1) is 11.3 Å². The van der Waals surface area contributed by atoms with Gasteiger partial charge < -0.3 is 5.32 Å². The lowest BCUT2D eigenvalue weighted by atomic mass is 9.94. The molecule has 1 aliphatic rings. The first-order valence-corrected chi connectivity index (χ1v) is 5.91. The Morgan fingerprint density at radius 2 is 2.31 bits per heavy atom. The first-order chi connectivity index (χ1) is 6.33. The van der Waals surface area contributed by atoms with E-state index in [1.54, 1.807) is 4.88 Å². The third kappa shape index (κ3) is 1.65. The average molecular weight is 195 g/mol. The Labute approximate surface area is 84.2 Å². The van der Waals surface area contributed by atoms with Crippen LogP contribution in [0, 0.1) is 5.92 Å². The van der Waals surface area contributed by atoms with E-state index < -0.39 is 0 Å². The van der Waals surface area contributed by atoms with E-state index in [-0.39, 0.29) is 0 Å². The van der Waals surface area contributed by atoms with E-state index in [0.717, 1.165) is 17.9 Å². The smallest absolute Gasteiger partial charge is 0.00960 e. The van der Waals surface area contributed by atoms with Gasteiger partial charge in [0, 0.05) is 10.9 Å². The summed E-state index contributed by atoms with van der Waals surface area (Å²) in [5.41, 5.74) is 0. The maximum atomic E-state index is 3.41. The van der Waals surface area contributed by atoms with Gasteiger partial charge in [0.15, 0.2) is 0 Å². The van der Waals surface area contributed by atoms with Crippen LogP contribution in [0.1, 0.15) is 30.6 Å². The van der Waals surface area contributed by atoms with E-state index in [1.807, 2.05) is 11.3 Å². The van der Waals surface area contributed by atoms with Crippen LogP contribution in [0.4, 0.5) is 0 Å². The van der Waals surface area contributed by atoms with Crippen LogP contribution in [0.15, 0.2) is 17.5 Å². The molecule has 1 N–H and O–H groups in total. The topological polar surface area (TPSA) is 12.0 Å². The lowest BCUT2D eigenvalue weighted by Gasteiger charge is -2.19. The molecular formula is C11H17NS. The zero-order valence-corrected chi connectivity index (χ0v) is 9.10. The summed E-state index contributed by atoms with van der Waals surface area (Å²) in [5.74, 6) is 1.60. The lowest BCUT2D eigenvalue weighted by Crippen LogP contribution is -2.28. The molecule has 0 amide bonds. The molecule has 1 aromatic rings. The Balaban J connectivity index is 2.11. The van der Waals surface area contributed by atoms with Crippen molar-refractivity contribution in [2.24, 2.45) is 5.92 Å². The second-order valence-electron chi connectivity index (χ2n) is 3.95. The maximum Gasteiger partial charge on any atom is 0.00960 e. The van der Waals surface area contributed by atoms with Gasteiger partial charge in [-0.25, -0.2) is 0 Å². The summed E-state index contributed by atoms with van der Waals surface area (Å²) in [5, 5.41) is 5.60. The second-order valence-corrected chi connectivity index (χ2v) is 4.93. The van der Waals surface area contributed by atoms with E-state index in [0.29, 0.717) is 0 Å². The van der Waals surface area contributed by atoms with E-state index >= 15 is 0 Å². The van der Waals surface area contributed by atoms with Crippen LogP contribution in [-0.2, 0) is 0 Å². The van der Waals surface area contributed by atoms with Gasteiger partial charge in [0.25, 0.3) is 0 Å². The predicted molar refractivity (Wildman–Crippen MR) is 58.3 cm³/mol. The first kappa shape index (κ1) is 9.22. The molecule has 1 aliphatic carbocycles. The van der Waals surface area contributed by atoms with Crippen molar-refractivity contribution in [3.05, 3.63) is 22.4 Å². The highest BCUT2D eigenvalue weighted by atomic mass is 32.1. The zero-order valence-electron chi connectivity index (χ0n) is 8.29. The van der Waals surface area contributed by atoms with Crippen molar-refractivity contribution in [1.29, 1.82) is 0 Å². The van der Waals surface area contributed by atoms with Crippen LogP contribution >= 0.6 is 11.3 Å². The van der Waals surface area contributed by atoms with Crippen molar-refractivity contribution in [1.82, 2.24) is 5.32 Å². The fourth-order valence-corrected chi connectivity index (χ4v) is 3.45. The summed E-state index contributed by atoms with van der Waals surface area (Å²) in [6.07, 6.45) is 2.69. The molecule has 13 heavy (non-hydrogen) atoms. The summed E-state index contributed by atoms with van der Waals surface area (Å²) in [7, 11) is 2.08. The van der Waals surface area contributed by atoms with Gasteiger partial charge in [-0.1, -0.05) is 13.0 Å². The molecule has 72 valence electrons. The monoisotopic (exact) mass is 195 g/mol. The molecule has 2 rings (SSSR count). The van der Waals surface area contributed by atoms with Crippen LogP contribution in [0.3, 0.4) is 0 Å². The van der Waals surface area contributed by atoms with Crippen LogP contribution in [0.25, 0.3) is 0 Å². The fraction of sp³-hybridized carbons (Fsp3) is 0.636. The minimum absolute atomic E-state index is 0.729. The summed E-state index contributed by atoms with van der Waals surface area (Å²) >= 11 is 1.91. The molecule has 0 bridgehead atoms. The van der Waals surface area contributed by atoms with Crippen LogP contribution in [0.5, 0.6) is 0 Å². The van der Waals surface area contributed by atoms with Crippen molar-refractivity contribution in [3.63, 3.8) is 0 Å². The summed E-state index contributed by atoms with van der Waals surface area (Å²) in [6.45, 7) is 2.37. The Morgan fingerprint density at radius 1 is 1.46 bits per heavy atom. The van der Waals surface area contributed by atoms with Crippen LogP contribution < -0.4 is 5.32 Å². The van der Waals surface area contributed by atoms with Gasteiger partial charge in [0.2, 0.25) is 0 Å². The van der Waals surface area contributed by atoms with Gasteiger partial charge in [-0.05, 0) is 43.2 Å². The van der Waals surface area contributed by atoms with Crippen molar-refractivity contribution in [2.75, 3.05) is 7.05 Å². The Hall–Kier alpha value is -0.340. The zero-order chi connectivity index (χ0) is 9.26. The minimum Gasteiger partial charge on any atom is -0.317 e. The van der Waals surface area contributed by atoms with Crippen molar-refractivity contribution in [3.8, 4) is 0 Å². The third-order valence-electron chi connectivity index (χ3n) is 3.34. The molecule has 1 fully saturated rings. The number of rotatable bonds is 2. The van der Waals surface area contributed by atoms with Crippen LogP contribution in [0.2, 0.25) is 0 Å². The number of hydrogen-bond acceptors (Lipinski definition) is 2. The van der Waals surface area contributed by atoms with Crippen molar-refractivity contribution in [2.45, 2.75) is 31.7 Å². The standard InChI is InChI=1S/C11H17NS/c1-8-9(5-6-10(8)12-2)11-4-3-7-13-11/h3-4,7-10,12H,5-6H2,1-2H3. The molecule has 0 spiro atoms. The molecule has 0 aromatic carbocycles. The summed E-state index contributed by atoms with van der Waals surface area (Å²) in [6, 6.07) is 5.18. The molecule has 2 heteroatoms. The fourth-order valence-electron chi connectivity index (χ4n) is 2.48.